The van der Waals surface area contributed by atoms with Gasteiger partial charge in [0, 0.05) is 6.04 Å². The zero-order valence-corrected chi connectivity index (χ0v) is 7.79. The summed E-state index contributed by atoms with van der Waals surface area (Å²) >= 11 is 0. The Labute approximate surface area is 78.9 Å². The molecule has 0 radical (unpaired) electrons. The molecule has 3 rings (SSSR count). The van der Waals surface area contributed by atoms with Gasteiger partial charge in [-0.15, -0.1) is 0 Å². The van der Waals surface area contributed by atoms with E-state index in [1.165, 1.54) is 24.8 Å². The zero-order valence-electron chi connectivity index (χ0n) is 7.79. The average Bonchev–Trinajstić information content (AvgIpc) is 2.47. The van der Waals surface area contributed by atoms with Crippen molar-refractivity contribution in [3.8, 4) is 0 Å². The van der Waals surface area contributed by atoms with E-state index < -0.39 is 0 Å². The van der Waals surface area contributed by atoms with Gasteiger partial charge in [-0.05, 0) is 48.3 Å². The first-order valence-corrected chi connectivity index (χ1v) is 5.22. The van der Waals surface area contributed by atoms with Crippen LogP contribution in [0.15, 0.2) is 18.2 Å². The van der Waals surface area contributed by atoms with Crippen LogP contribution in [0.2, 0.25) is 0 Å². The summed E-state index contributed by atoms with van der Waals surface area (Å²) in [6.07, 6.45) is 5.01. The molecule has 0 aliphatic heterocycles. The molecule has 0 heterocycles. The molecule has 2 N–H and O–H groups in total. The first-order valence-electron chi connectivity index (χ1n) is 5.22. The molecule has 1 aromatic rings. The molecule has 0 spiro atoms. The fourth-order valence-electron chi connectivity index (χ4n) is 3.02. The Bertz CT molecular complexity index is 343. The largest absolute Gasteiger partial charge is 0.327 e. The summed E-state index contributed by atoms with van der Waals surface area (Å²) in [5, 5.41) is 0. The van der Waals surface area contributed by atoms with E-state index in [-0.39, 0.29) is 0 Å². The minimum absolute atomic E-state index is 0.399. The lowest BCUT2D eigenvalue weighted by Gasteiger charge is -2.24. The van der Waals surface area contributed by atoms with Crippen molar-refractivity contribution < 1.29 is 0 Å². The summed E-state index contributed by atoms with van der Waals surface area (Å²) in [7, 11) is 0. The molecular formula is C12H15N. The van der Waals surface area contributed by atoms with Gasteiger partial charge in [-0.25, -0.2) is 0 Å². The molecule has 0 saturated heterocycles. The van der Waals surface area contributed by atoms with Crippen molar-refractivity contribution >= 4 is 0 Å². The van der Waals surface area contributed by atoms with Gasteiger partial charge >= 0.3 is 0 Å². The number of hydrogen-bond acceptors (Lipinski definition) is 1. The number of hydrogen-bond donors (Lipinski definition) is 1. The lowest BCUT2D eigenvalue weighted by atomic mass is 9.83. The molecule has 2 atom stereocenters. The molecule has 1 nitrogen and oxygen atoms in total. The van der Waals surface area contributed by atoms with Crippen LogP contribution in [0.1, 0.15) is 35.4 Å². The molecule has 2 aliphatic rings. The molecule has 13 heavy (non-hydrogen) atoms. The van der Waals surface area contributed by atoms with Crippen LogP contribution >= 0.6 is 0 Å². The Morgan fingerprint density at radius 3 is 3.00 bits per heavy atom. The van der Waals surface area contributed by atoms with Crippen LogP contribution in [-0.4, -0.2) is 6.04 Å². The Balaban J connectivity index is 2.20. The maximum Gasteiger partial charge on any atom is 0.0149 e. The fraction of sp³-hybridized carbons (Fsp3) is 0.500. The summed E-state index contributed by atoms with van der Waals surface area (Å²) < 4.78 is 0. The Morgan fingerprint density at radius 2 is 2.08 bits per heavy atom. The van der Waals surface area contributed by atoms with Crippen LogP contribution in [0.4, 0.5) is 0 Å². The van der Waals surface area contributed by atoms with E-state index in [9.17, 15) is 0 Å². The van der Waals surface area contributed by atoms with Crippen molar-refractivity contribution in [2.24, 2.45) is 5.73 Å². The third kappa shape index (κ3) is 0.969. The van der Waals surface area contributed by atoms with Crippen molar-refractivity contribution in [1.29, 1.82) is 0 Å². The summed E-state index contributed by atoms with van der Waals surface area (Å²) in [5.41, 5.74) is 10.8. The molecule has 1 heteroatoms. The number of nitrogens with two attached hydrogens (primary N) is 1. The highest BCUT2D eigenvalue weighted by Crippen LogP contribution is 2.41. The van der Waals surface area contributed by atoms with E-state index in [4.69, 9.17) is 5.73 Å². The van der Waals surface area contributed by atoms with Gasteiger partial charge in [0.05, 0.1) is 0 Å². The first kappa shape index (κ1) is 7.57. The highest BCUT2D eigenvalue weighted by Gasteiger charge is 2.33. The highest BCUT2D eigenvalue weighted by atomic mass is 14.7. The molecule has 0 amide bonds. The van der Waals surface area contributed by atoms with E-state index in [2.05, 4.69) is 18.2 Å². The molecule has 1 aromatic carbocycles. The van der Waals surface area contributed by atoms with Gasteiger partial charge in [0.25, 0.3) is 0 Å². The number of aryl methyl sites for hydroxylation is 1. The van der Waals surface area contributed by atoms with Gasteiger partial charge in [-0.2, -0.15) is 0 Å². The van der Waals surface area contributed by atoms with E-state index in [1.54, 1.807) is 11.1 Å². The lowest BCUT2D eigenvalue weighted by Crippen LogP contribution is -2.26. The molecule has 2 aliphatic carbocycles. The maximum atomic E-state index is 6.14. The normalized spacial score (nSPS) is 30.2. The van der Waals surface area contributed by atoms with E-state index in [0.29, 0.717) is 12.0 Å². The van der Waals surface area contributed by atoms with Gasteiger partial charge in [-0.1, -0.05) is 18.2 Å². The Kier molecular flexibility index (Phi) is 1.50. The van der Waals surface area contributed by atoms with E-state index in [1.807, 2.05) is 0 Å². The van der Waals surface area contributed by atoms with Crippen molar-refractivity contribution in [3.63, 3.8) is 0 Å². The third-order valence-electron chi connectivity index (χ3n) is 3.59. The van der Waals surface area contributed by atoms with Crippen molar-refractivity contribution in [3.05, 3.63) is 34.9 Å². The topological polar surface area (TPSA) is 26.0 Å². The van der Waals surface area contributed by atoms with Crippen molar-refractivity contribution in [2.75, 3.05) is 0 Å². The quantitative estimate of drug-likeness (QED) is 0.638. The maximum absolute atomic E-state index is 6.14. The summed E-state index contributed by atoms with van der Waals surface area (Å²) in [6.45, 7) is 0. The number of rotatable bonds is 0. The second-order valence-corrected chi connectivity index (χ2v) is 4.36. The van der Waals surface area contributed by atoms with Crippen LogP contribution in [0, 0.1) is 0 Å². The molecule has 0 saturated carbocycles. The second kappa shape index (κ2) is 2.58. The fourth-order valence-corrected chi connectivity index (χ4v) is 3.02. The predicted octanol–water partition coefficient (Wildman–Crippen LogP) is 1.99. The van der Waals surface area contributed by atoms with Crippen LogP contribution in [0.3, 0.4) is 0 Å². The monoisotopic (exact) mass is 173 g/mol. The van der Waals surface area contributed by atoms with E-state index >= 15 is 0 Å². The molecule has 2 unspecified atom stereocenters. The molecule has 0 bridgehead atoms. The zero-order chi connectivity index (χ0) is 8.84. The van der Waals surface area contributed by atoms with Crippen LogP contribution in [0.5, 0.6) is 0 Å². The van der Waals surface area contributed by atoms with Crippen molar-refractivity contribution in [2.45, 2.75) is 37.6 Å². The predicted molar refractivity (Wildman–Crippen MR) is 53.8 cm³/mol. The first-order chi connectivity index (χ1) is 6.36. The summed E-state index contributed by atoms with van der Waals surface area (Å²) in [4.78, 5) is 0. The second-order valence-electron chi connectivity index (χ2n) is 4.36. The minimum Gasteiger partial charge on any atom is -0.327 e. The minimum atomic E-state index is 0.399. The Hall–Kier alpha value is -0.820. The smallest absolute Gasteiger partial charge is 0.0149 e. The van der Waals surface area contributed by atoms with Gasteiger partial charge in [0.1, 0.15) is 0 Å². The standard InChI is InChI=1S/C12H15N/c13-11-7-9-5-1-3-8-4-2-6-10(11)12(8)9/h1,3,5,10-11H,2,4,6-7,13H2. The highest BCUT2D eigenvalue weighted by molar-refractivity contribution is 5.45. The molecule has 68 valence electrons. The van der Waals surface area contributed by atoms with E-state index in [0.717, 1.165) is 6.42 Å². The summed E-state index contributed by atoms with van der Waals surface area (Å²) in [6, 6.07) is 7.12. The molecular weight excluding hydrogens is 158 g/mol. The van der Waals surface area contributed by atoms with Crippen LogP contribution in [-0.2, 0) is 12.8 Å². The van der Waals surface area contributed by atoms with Crippen LogP contribution < -0.4 is 5.73 Å². The third-order valence-corrected chi connectivity index (χ3v) is 3.59. The SMILES string of the molecule is NC1Cc2cccc3c2C1CCC3. The van der Waals surface area contributed by atoms with Crippen molar-refractivity contribution in [1.82, 2.24) is 0 Å². The summed E-state index contributed by atoms with van der Waals surface area (Å²) in [5.74, 6) is 0.681. The average molecular weight is 173 g/mol. The molecule has 0 aromatic heterocycles. The number of benzene rings is 1. The van der Waals surface area contributed by atoms with Gasteiger partial charge in [0.15, 0.2) is 0 Å². The Morgan fingerprint density at radius 1 is 1.23 bits per heavy atom. The van der Waals surface area contributed by atoms with Gasteiger partial charge in [0.2, 0.25) is 0 Å². The van der Waals surface area contributed by atoms with Gasteiger partial charge in [-0.3, -0.25) is 0 Å². The molecule has 0 fully saturated rings. The van der Waals surface area contributed by atoms with Gasteiger partial charge < -0.3 is 5.73 Å². The van der Waals surface area contributed by atoms with Crippen LogP contribution in [0.25, 0.3) is 0 Å². The lowest BCUT2D eigenvalue weighted by molar-refractivity contribution is 0.496.